The summed E-state index contributed by atoms with van der Waals surface area (Å²) in [6, 6.07) is 15.2. The average molecular weight is 419 g/mol. The van der Waals surface area contributed by atoms with E-state index < -0.39 is 0 Å². The maximum absolute atomic E-state index is 12.3. The number of amides is 3. The highest BCUT2D eigenvalue weighted by molar-refractivity contribution is 5.94. The largest absolute Gasteiger partial charge is 0.334 e. The Morgan fingerprint density at radius 1 is 1.06 bits per heavy atom. The van der Waals surface area contributed by atoms with Gasteiger partial charge >= 0.3 is 6.03 Å². The second-order valence-corrected chi connectivity index (χ2v) is 7.84. The summed E-state index contributed by atoms with van der Waals surface area (Å²) in [5.41, 5.74) is 3.88. The van der Waals surface area contributed by atoms with Crippen LogP contribution in [0.25, 0.3) is 0 Å². The molecular weight excluding hydrogens is 392 g/mol. The summed E-state index contributed by atoms with van der Waals surface area (Å²) in [5.74, 6) is 0.263. The van der Waals surface area contributed by atoms with Gasteiger partial charge in [-0.3, -0.25) is 4.79 Å². The van der Waals surface area contributed by atoms with Crippen LogP contribution in [0.15, 0.2) is 61.2 Å². The fourth-order valence-electron chi connectivity index (χ4n) is 3.22. The van der Waals surface area contributed by atoms with Crippen LogP contribution in [0.4, 0.5) is 10.5 Å². The van der Waals surface area contributed by atoms with E-state index >= 15 is 0 Å². The van der Waals surface area contributed by atoms with Crippen molar-refractivity contribution < 1.29 is 9.59 Å². The number of rotatable bonds is 8. The molecule has 1 aliphatic rings. The molecule has 4 rings (SSSR count). The smallest absolute Gasteiger partial charge is 0.315 e. The zero-order valence-corrected chi connectivity index (χ0v) is 17.4. The van der Waals surface area contributed by atoms with Gasteiger partial charge in [0.2, 0.25) is 5.91 Å². The van der Waals surface area contributed by atoms with Gasteiger partial charge in [-0.15, -0.1) is 0 Å². The number of urea groups is 1. The molecule has 0 radical (unpaired) electrons. The number of hydrogen-bond acceptors (Lipinski definition) is 4. The lowest BCUT2D eigenvalue weighted by Gasteiger charge is -2.16. The maximum atomic E-state index is 12.3. The van der Waals surface area contributed by atoms with Crippen LogP contribution < -0.4 is 16.0 Å². The lowest BCUT2D eigenvalue weighted by Crippen LogP contribution is -2.36. The highest BCUT2D eigenvalue weighted by atomic mass is 16.2. The first-order valence-electron chi connectivity index (χ1n) is 10.4. The third-order valence-electron chi connectivity index (χ3n) is 5.26. The molecular formula is C23H26N6O2. The Labute approximate surface area is 181 Å². The van der Waals surface area contributed by atoms with Crippen LogP contribution in [0, 0.1) is 5.92 Å². The zero-order chi connectivity index (χ0) is 21.6. The molecule has 0 saturated heterocycles. The van der Waals surface area contributed by atoms with Crippen molar-refractivity contribution in [3.05, 3.63) is 77.9 Å². The Morgan fingerprint density at radius 3 is 2.42 bits per heavy atom. The minimum Gasteiger partial charge on any atom is -0.334 e. The lowest BCUT2D eigenvalue weighted by atomic mass is 10.1. The van der Waals surface area contributed by atoms with Crippen LogP contribution in [0.2, 0.25) is 0 Å². The molecule has 2 aromatic carbocycles. The van der Waals surface area contributed by atoms with Gasteiger partial charge in [-0.2, -0.15) is 5.10 Å². The Kier molecular flexibility index (Phi) is 6.26. The van der Waals surface area contributed by atoms with Crippen molar-refractivity contribution in [2.24, 2.45) is 5.92 Å². The van der Waals surface area contributed by atoms with Crippen molar-refractivity contribution in [2.75, 3.05) is 5.32 Å². The van der Waals surface area contributed by atoms with Gasteiger partial charge in [-0.1, -0.05) is 36.4 Å². The Morgan fingerprint density at radius 2 is 1.77 bits per heavy atom. The summed E-state index contributed by atoms with van der Waals surface area (Å²) in [5, 5.41) is 12.8. The maximum Gasteiger partial charge on any atom is 0.315 e. The highest BCUT2D eigenvalue weighted by Crippen LogP contribution is 2.30. The van der Waals surface area contributed by atoms with Crippen LogP contribution in [0.5, 0.6) is 0 Å². The standard InChI is InChI=1S/C23H26N6O2/c1-16(19-8-10-21(11-9-19)28-22(30)20-6-7-20)27-23(31)25-12-17-2-4-18(5-3-17)13-29-15-24-14-26-29/h2-5,8-11,14-16,20H,6-7,12-13H2,1H3,(H,28,30)(H2,25,27,31)/t16-/m1/s1. The van der Waals surface area contributed by atoms with Gasteiger partial charge in [-0.05, 0) is 48.6 Å². The molecule has 0 aliphatic heterocycles. The Balaban J connectivity index is 1.22. The van der Waals surface area contributed by atoms with Gasteiger partial charge in [0.25, 0.3) is 0 Å². The van der Waals surface area contributed by atoms with Gasteiger partial charge in [0.15, 0.2) is 0 Å². The van der Waals surface area contributed by atoms with Crippen molar-refractivity contribution in [1.82, 2.24) is 25.4 Å². The average Bonchev–Trinajstić information content (AvgIpc) is 3.51. The summed E-state index contributed by atoms with van der Waals surface area (Å²) in [4.78, 5) is 28.0. The van der Waals surface area contributed by atoms with E-state index in [0.29, 0.717) is 13.1 Å². The van der Waals surface area contributed by atoms with Crippen LogP contribution >= 0.6 is 0 Å². The molecule has 0 unspecified atom stereocenters. The zero-order valence-electron chi connectivity index (χ0n) is 17.4. The third kappa shape index (κ3) is 5.91. The third-order valence-corrected chi connectivity index (χ3v) is 5.26. The summed E-state index contributed by atoms with van der Waals surface area (Å²) < 4.78 is 1.76. The van der Waals surface area contributed by atoms with Crippen molar-refractivity contribution >= 4 is 17.6 Å². The first kappa shape index (κ1) is 20.6. The van der Waals surface area contributed by atoms with E-state index in [1.807, 2.05) is 55.5 Å². The number of benzene rings is 2. The summed E-state index contributed by atoms with van der Waals surface area (Å²) in [6.45, 7) is 3.03. The predicted octanol–water partition coefficient (Wildman–Crippen LogP) is 3.24. The highest BCUT2D eigenvalue weighted by Gasteiger charge is 2.29. The summed E-state index contributed by atoms with van der Waals surface area (Å²) in [6.07, 6.45) is 5.15. The minimum absolute atomic E-state index is 0.0877. The molecule has 1 atom stereocenters. The Hall–Kier alpha value is -3.68. The second-order valence-electron chi connectivity index (χ2n) is 7.84. The van der Waals surface area contributed by atoms with Crippen molar-refractivity contribution in [1.29, 1.82) is 0 Å². The molecule has 0 bridgehead atoms. The van der Waals surface area contributed by atoms with Crippen LogP contribution in [0.1, 0.15) is 42.5 Å². The predicted molar refractivity (Wildman–Crippen MR) is 117 cm³/mol. The van der Waals surface area contributed by atoms with Gasteiger partial charge < -0.3 is 16.0 Å². The minimum atomic E-state index is -0.231. The number of anilines is 1. The second kappa shape index (κ2) is 9.42. The molecule has 1 saturated carbocycles. The van der Waals surface area contributed by atoms with E-state index in [4.69, 9.17) is 0 Å². The molecule has 1 aromatic heterocycles. The lowest BCUT2D eigenvalue weighted by molar-refractivity contribution is -0.117. The molecule has 8 nitrogen and oxygen atoms in total. The van der Waals surface area contributed by atoms with Gasteiger partial charge in [0, 0.05) is 18.2 Å². The van der Waals surface area contributed by atoms with E-state index in [2.05, 4.69) is 26.0 Å². The molecule has 3 amide bonds. The van der Waals surface area contributed by atoms with E-state index in [9.17, 15) is 9.59 Å². The SMILES string of the molecule is C[C@@H](NC(=O)NCc1ccc(Cn2cncn2)cc1)c1ccc(NC(=O)C2CC2)cc1. The molecule has 3 N–H and O–H groups in total. The summed E-state index contributed by atoms with van der Waals surface area (Å²) in [7, 11) is 0. The Bertz CT molecular complexity index is 1010. The van der Waals surface area contributed by atoms with Crippen molar-refractivity contribution in [3.63, 3.8) is 0 Å². The first-order chi connectivity index (χ1) is 15.1. The number of nitrogens with zero attached hydrogens (tertiary/aromatic N) is 3. The van der Waals surface area contributed by atoms with E-state index in [-0.39, 0.29) is 23.9 Å². The fourth-order valence-corrected chi connectivity index (χ4v) is 3.22. The molecule has 1 aliphatic carbocycles. The molecule has 1 fully saturated rings. The van der Waals surface area contributed by atoms with E-state index in [0.717, 1.165) is 35.2 Å². The van der Waals surface area contributed by atoms with Crippen LogP contribution in [0.3, 0.4) is 0 Å². The monoisotopic (exact) mass is 418 g/mol. The van der Waals surface area contributed by atoms with Crippen LogP contribution in [-0.2, 0) is 17.9 Å². The number of carbonyl (C=O) groups excluding carboxylic acids is 2. The van der Waals surface area contributed by atoms with Gasteiger partial charge in [0.05, 0.1) is 12.6 Å². The first-order valence-corrected chi connectivity index (χ1v) is 10.4. The number of hydrogen-bond donors (Lipinski definition) is 3. The van der Waals surface area contributed by atoms with Crippen molar-refractivity contribution in [3.8, 4) is 0 Å². The molecule has 3 aromatic rings. The molecule has 160 valence electrons. The van der Waals surface area contributed by atoms with Crippen LogP contribution in [-0.4, -0.2) is 26.7 Å². The summed E-state index contributed by atoms with van der Waals surface area (Å²) >= 11 is 0. The topological polar surface area (TPSA) is 101 Å². The number of carbonyl (C=O) groups is 2. The molecule has 31 heavy (non-hydrogen) atoms. The molecule has 8 heteroatoms. The fraction of sp³-hybridized carbons (Fsp3) is 0.304. The van der Waals surface area contributed by atoms with E-state index in [1.54, 1.807) is 11.0 Å². The van der Waals surface area contributed by atoms with E-state index in [1.165, 1.54) is 6.33 Å². The number of aromatic nitrogens is 3. The molecule has 0 spiro atoms. The number of nitrogens with one attached hydrogen (secondary N) is 3. The normalized spacial score (nSPS) is 14.0. The van der Waals surface area contributed by atoms with Gasteiger partial charge in [0.1, 0.15) is 12.7 Å². The molecule has 1 heterocycles. The quantitative estimate of drug-likeness (QED) is 0.523. The van der Waals surface area contributed by atoms with Crippen molar-refractivity contribution in [2.45, 2.75) is 38.9 Å². The van der Waals surface area contributed by atoms with Gasteiger partial charge in [-0.25, -0.2) is 14.5 Å².